The van der Waals surface area contributed by atoms with Gasteiger partial charge in [-0.2, -0.15) is 0 Å². The molecule has 0 aromatic heterocycles. The summed E-state index contributed by atoms with van der Waals surface area (Å²) in [5.74, 6) is -1.29. The van der Waals surface area contributed by atoms with E-state index in [0.29, 0.717) is 16.8 Å². The number of ether oxygens (including phenoxy) is 1. The van der Waals surface area contributed by atoms with Gasteiger partial charge in [0.05, 0.1) is 16.8 Å². The Morgan fingerprint density at radius 3 is 2.35 bits per heavy atom. The molecule has 4 rings (SSSR count). The van der Waals surface area contributed by atoms with Crippen molar-refractivity contribution in [3.8, 4) is 0 Å². The molecular weight excluding hydrogens is 392 g/mol. The predicted octanol–water partition coefficient (Wildman–Crippen LogP) is 4.31. The number of para-hydroxylation sites is 1. The van der Waals surface area contributed by atoms with Gasteiger partial charge in [-0.25, -0.2) is 4.79 Å². The van der Waals surface area contributed by atoms with Crippen LogP contribution in [0.2, 0.25) is 0 Å². The van der Waals surface area contributed by atoms with Crippen LogP contribution in [-0.4, -0.2) is 30.4 Å². The maximum Gasteiger partial charge on any atom is 0.339 e. The maximum absolute atomic E-state index is 12.6. The van der Waals surface area contributed by atoms with Crippen LogP contribution in [0.15, 0.2) is 66.7 Å². The minimum absolute atomic E-state index is 0.179. The first-order chi connectivity index (χ1) is 15.1. The zero-order chi connectivity index (χ0) is 21.6. The Bertz CT molecular complexity index is 1110. The number of anilines is 1. The molecule has 1 aliphatic rings. The molecule has 6 nitrogen and oxygen atoms in total. The first kappa shape index (κ1) is 20.6. The van der Waals surface area contributed by atoms with E-state index in [-0.39, 0.29) is 11.9 Å². The van der Waals surface area contributed by atoms with Gasteiger partial charge in [-0.1, -0.05) is 61.4 Å². The molecule has 0 spiro atoms. The molecule has 158 valence electrons. The van der Waals surface area contributed by atoms with Gasteiger partial charge < -0.3 is 15.4 Å². The number of hydrogen-bond acceptors (Lipinski definition) is 4. The number of rotatable bonds is 6. The van der Waals surface area contributed by atoms with Crippen molar-refractivity contribution in [2.24, 2.45) is 0 Å². The van der Waals surface area contributed by atoms with E-state index in [0.717, 1.165) is 36.5 Å². The standard InChI is InChI=1S/C25H24N2O4/c28-23(16-31-25(30)20-14-7-9-17-8-1-4-12-19(17)20)27-22-15-6-5-13-21(22)24(29)26-18-10-2-3-11-18/h1,4-9,12-15,18H,2-3,10-11,16H2,(H,26,29)(H,27,28). The average Bonchev–Trinajstić information content (AvgIpc) is 3.30. The highest BCUT2D eigenvalue weighted by Gasteiger charge is 2.20. The van der Waals surface area contributed by atoms with Crippen molar-refractivity contribution in [2.45, 2.75) is 31.7 Å². The predicted molar refractivity (Wildman–Crippen MR) is 119 cm³/mol. The van der Waals surface area contributed by atoms with Crippen LogP contribution in [0.5, 0.6) is 0 Å². The maximum atomic E-state index is 12.6. The van der Waals surface area contributed by atoms with Gasteiger partial charge in [0.15, 0.2) is 6.61 Å². The summed E-state index contributed by atoms with van der Waals surface area (Å²) in [5, 5.41) is 7.39. The Kier molecular flexibility index (Phi) is 6.26. The molecule has 1 fully saturated rings. The summed E-state index contributed by atoms with van der Waals surface area (Å²) in [5.41, 5.74) is 1.19. The molecule has 6 heteroatoms. The van der Waals surface area contributed by atoms with E-state index in [1.807, 2.05) is 30.3 Å². The first-order valence-electron chi connectivity index (χ1n) is 10.5. The molecule has 31 heavy (non-hydrogen) atoms. The van der Waals surface area contributed by atoms with E-state index in [9.17, 15) is 14.4 Å². The van der Waals surface area contributed by atoms with E-state index in [2.05, 4.69) is 10.6 Å². The third-order valence-corrected chi connectivity index (χ3v) is 5.48. The zero-order valence-electron chi connectivity index (χ0n) is 17.1. The fourth-order valence-electron chi connectivity index (χ4n) is 3.92. The molecular formula is C25H24N2O4. The summed E-state index contributed by atoms with van der Waals surface area (Å²) < 4.78 is 5.23. The molecule has 1 aliphatic carbocycles. The molecule has 0 unspecified atom stereocenters. The molecule has 0 atom stereocenters. The molecule has 0 heterocycles. The molecule has 1 saturated carbocycles. The van der Waals surface area contributed by atoms with E-state index < -0.39 is 18.5 Å². The van der Waals surface area contributed by atoms with Crippen LogP contribution in [0.3, 0.4) is 0 Å². The lowest BCUT2D eigenvalue weighted by Crippen LogP contribution is -2.33. The number of benzene rings is 3. The van der Waals surface area contributed by atoms with Crippen LogP contribution in [-0.2, 0) is 9.53 Å². The van der Waals surface area contributed by atoms with Gasteiger partial charge in [-0.15, -0.1) is 0 Å². The van der Waals surface area contributed by atoms with Crippen molar-refractivity contribution < 1.29 is 19.1 Å². The van der Waals surface area contributed by atoms with Crippen molar-refractivity contribution in [1.29, 1.82) is 0 Å². The van der Waals surface area contributed by atoms with E-state index in [4.69, 9.17) is 4.74 Å². The van der Waals surface area contributed by atoms with Crippen LogP contribution in [0, 0.1) is 0 Å². The summed E-state index contributed by atoms with van der Waals surface area (Å²) in [7, 11) is 0. The molecule has 3 aromatic carbocycles. The minimum Gasteiger partial charge on any atom is -0.452 e. The fraction of sp³-hybridized carbons (Fsp3) is 0.240. The lowest BCUT2D eigenvalue weighted by molar-refractivity contribution is -0.119. The lowest BCUT2D eigenvalue weighted by Gasteiger charge is -2.15. The van der Waals surface area contributed by atoms with Gasteiger partial charge in [-0.3, -0.25) is 9.59 Å². The van der Waals surface area contributed by atoms with Crippen LogP contribution in [0.25, 0.3) is 10.8 Å². The summed E-state index contributed by atoms with van der Waals surface area (Å²) in [6.07, 6.45) is 4.19. The third kappa shape index (κ3) is 4.91. The molecule has 3 aromatic rings. The lowest BCUT2D eigenvalue weighted by atomic mass is 10.1. The average molecular weight is 416 g/mol. The number of carbonyl (C=O) groups excluding carboxylic acids is 3. The molecule has 0 radical (unpaired) electrons. The molecule has 2 N–H and O–H groups in total. The zero-order valence-corrected chi connectivity index (χ0v) is 17.1. The number of fused-ring (bicyclic) bond motifs is 1. The first-order valence-corrected chi connectivity index (χ1v) is 10.5. The monoisotopic (exact) mass is 416 g/mol. The highest BCUT2D eigenvalue weighted by molar-refractivity contribution is 6.06. The van der Waals surface area contributed by atoms with Crippen molar-refractivity contribution in [2.75, 3.05) is 11.9 Å². The number of esters is 1. The van der Waals surface area contributed by atoms with Crippen LogP contribution in [0.1, 0.15) is 46.4 Å². The van der Waals surface area contributed by atoms with Gasteiger partial charge >= 0.3 is 5.97 Å². The summed E-state index contributed by atoms with van der Waals surface area (Å²) in [6.45, 7) is -0.444. The Morgan fingerprint density at radius 1 is 0.839 bits per heavy atom. The van der Waals surface area contributed by atoms with Crippen molar-refractivity contribution in [1.82, 2.24) is 5.32 Å². The highest BCUT2D eigenvalue weighted by atomic mass is 16.5. The third-order valence-electron chi connectivity index (χ3n) is 5.48. The topological polar surface area (TPSA) is 84.5 Å². The van der Waals surface area contributed by atoms with Gasteiger partial charge in [0, 0.05) is 6.04 Å². The Hall–Kier alpha value is -3.67. The number of nitrogens with one attached hydrogen (secondary N) is 2. The van der Waals surface area contributed by atoms with Gasteiger partial charge in [0.1, 0.15) is 0 Å². The van der Waals surface area contributed by atoms with Gasteiger partial charge in [-0.05, 0) is 41.8 Å². The van der Waals surface area contributed by atoms with E-state index >= 15 is 0 Å². The molecule has 0 saturated heterocycles. The Balaban J connectivity index is 1.39. The minimum atomic E-state index is -0.570. The largest absolute Gasteiger partial charge is 0.452 e. The molecule has 2 amide bonds. The van der Waals surface area contributed by atoms with E-state index in [1.165, 1.54) is 0 Å². The van der Waals surface area contributed by atoms with Crippen LogP contribution < -0.4 is 10.6 Å². The normalized spacial score (nSPS) is 13.7. The fourth-order valence-corrected chi connectivity index (χ4v) is 3.92. The second kappa shape index (κ2) is 9.43. The Morgan fingerprint density at radius 2 is 1.52 bits per heavy atom. The number of amides is 2. The van der Waals surface area contributed by atoms with Gasteiger partial charge in [0.2, 0.25) is 0 Å². The van der Waals surface area contributed by atoms with Crippen LogP contribution in [0.4, 0.5) is 5.69 Å². The van der Waals surface area contributed by atoms with Crippen molar-refractivity contribution >= 4 is 34.2 Å². The van der Waals surface area contributed by atoms with E-state index in [1.54, 1.807) is 36.4 Å². The second-order valence-corrected chi connectivity index (χ2v) is 7.65. The smallest absolute Gasteiger partial charge is 0.339 e. The summed E-state index contributed by atoms with van der Waals surface area (Å²) in [4.78, 5) is 37.6. The number of carbonyl (C=O) groups is 3. The van der Waals surface area contributed by atoms with Crippen molar-refractivity contribution in [3.05, 3.63) is 77.9 Å². The second-order valence-electron chi connectivity index (χ2n) is 7.65. The summed E-state index contributed by atoms with van der Waals surface area (Å²) in [6, 6.07) is 19.8. The molecule has 0 aliphatic heterocycles. The highest BCUT2D eigenvalue weighted by Crippen LogP contribution is 2.21. The number of hydrogen-bond donors (Lipinski definition) is 2. The quantitative estimate of drug-likeness (QED) is 0.587. The SMILES string of the molecule is O=C(COC(=O)c1cccc2ccccc12)Nc1ccccc1C(=O)NC1CCCC1. The summed E-state index contributed by atoms with van der Waals surface area (Å²) >= 11 is 0. The molecule has 0 bridgehead atoms. The van der Waals surface area contributed by atoms with Crippen molar-refractivity contribution in [3.63, 3.8) is 0 Å². The van der Waals surface area contributed by atoms with Crippen LogP contribution >= 0.6 is 0 Å². The van der Waals surface area contributed by atoms with Gasteiger partial charge in [0.25, 0.3) is 11.8 Å². The Labute approximate surface area is 180 Å².